The van der Waals surface area contributed by atoms with Crippen LogP contribution < -0.4 is 0 Å². The van der Waals surface area contributed by atoms with Crippen LogP contribution in [0.2, 0.25) is 0 Å². The third kappa shape index (κ3) is 15.6. The van der Waals surface area contributed by atoms with E-state index >= 15 is 0 Å². The number of carbonyl (C=O) groups is 2. The standard InChI is InChI=1S/C4H8O4.C4H8O3/c5-2-3(6)1-4(7)8;1-2-3-4(5)7-6/h3,5-6H,1-2H2,(H,7,8);6H,2-3H2,1H3. The first kappa shape index (κ1) is 16.3. The highest BCUT2D eigenvalue weighted by Gasteiger charge is 2.05. The van der Waals surface area contributed by atoms with Crippen molar-refractivity contribution in [2.75, 3.05) is 6.61 Å². The van der Waals surface area contributed by atoms with Gasteiger partial charge >= 0.3 is 11.9 Å². The van der Waals surface area contributed by atoms with E-state index in [0.29, 0.717) is 6.42 Å². The summed E-state index contributed by atoms with van der Waals surface area (Å²) in [5.74, 6) is -1.67. The van der Waals surface area contributed by atoms with Crippen LogP contribution in [0.5, 0.6) is 0 Å². The highest BCUT2D eigenvalue weighted by Crippen LogP contribution is 1.87. The fraction of sp³-hybridized carbons (Fsp3) is 0.750. The van der Waals surface area contributed by atoms with Crippen LogP contribution in [-0.2, 0) is 14.5 Å². The molecule has 0 aromatic heterocycles. The smallest absolute Gasteiger partial charge is 0.342 e. The van der Waals surface area contributed by atoms with E-state index in [0.717, 1.165) is 0 Å². The minimum Gasteiger partial charge on any atom is -0.481 e. The first-order valence-electron chi connectivity index (χ1n) is 4.32. The zero-order chi connectivity index (χ0) is 12.3. The average molecular weight is 224 g/mol. The topological polar surface area (TPSA) is 124 Å². The van der Waals surface area contributed by atoms with Crippen molar-refractivity contribution in [1.82, 2.24) is 0 Å². The van der Waals surface area contributed by atoms with Gasteiger partial charge in [0.1, 0.15) is 0 Å². The molecule has 0 bridgehead atoms. The fourth-order valence-corrected chi connectivity index (χ4v) is 0.516. The second kappa shape index (κ2) is 10.9. The first-order valence-corrected chi connectivity index (χ1v) is 4.32. The lowest BCUT2D eigenvalue weighted by Crippen LogP contribution is -2.16. The summed E-state index contributed by atoms with van der Waals surface area (Å²) in [6.07, 6.45) is -0.514. The molecule has 1 unspecified atom stereocenters. The van der Waals surface area contributed by atoms with Crippen LogP contribution in [0.15, 0.2) is 0 Å². The first-order chi connectivity index (χ1) is 6.97. The zero-order valence-corrected chi connectivity index (χ0v) is 8.42. The molecule has 0 aliphatic heterocycles. The molecule has 90 valence electrons. The van der Waals surface area contributed by atoms with Crippen molar-refractivity contribution in [3.63, 3.8) is 0 Å². The lowest BCUT2D eigenvalue weighted by Gasteiger charge is -1.99. The Bertz CT molecular complexity index is 180. The maximum absolute atomic E-state index is 9.94. The van der Waals surface area contributed by atoms with Crippen molar-refractivity contribution in [2.45, 2.75) is 32.3 Å². The number of rotatable bonds is 5. The Labute approximate surface area is 86.8 Å². The quantitative estimate of drug-likeness (QED) is 0.370. The predicted molar refractivity (Wildman–Crippen MR) is 49.0 cm³/mol. The van der Waals surface area contributed by atoms with Crippen molar-refractivity contribution in [3.05, 3.63) is 0 Å². The van der Waals surface area contributed by atoms with Crippen LogP contribution in [0.25, 0.3) is 0 Å². The van der Waals surface area contributed by atoms with E-state index in [1.807, 2.05) is 6.92 Å². The summed E-state index contributed by atoms with van der Waals surface area (Å²) in [6, 6.07) is 0. The predicted octanol–water partition coefficient (Wildman–Crippen LogP) is -0.383. The normalized spacial score (nSPS) is 10.9. The molecule has 0 aliphatic carbocycles. The van der Waals surface area contributed by atoms with E-state index in [9.17, 15) is 9.59 Å². The van der Waals surface area contributed by atoms with Crippen molar-refractivity contribution in [1.29, 1.82) is 0 Å². The second-order valence-electron chi connectivity index (χ2n) is 2.65. The highest BCUT2D eigenvalue weighted by atomic mass is 17.1. The molecule has 0 aliphatic rings. The Kier molecular flexibility index (Phi) is 11.8. The summed E-state index contributed by atoms with van der Waals surface area (Å²) in [6.45, 7) is 1.34. The molecule has 0 aromatic carbocycles. The molecule has 0 rings (SSSR count). The van der Waals surface area contributed by atoms with Crippen LogP contribution in [0, 0.1) is 0 Å². The molecule has 0 spiro atoms. The lowest BCUT2D eigenvalue weighted by molar-refractivity contribution is -0.234. The van der Waals surface area contributed by atoms with Gasteiger partial charge in [0.25, 0.3) is 0 Å². The second-order valence-corrected chi connectivity index (χ2v) is 2.65. The van der Waals surface area contributed by atoms with Gasteiger partial charge < -0.3 is 20.2 Å². The third-order valence-corrected chi connectivity index (χ3v) is 1.18. The maximum atomic E-state index is 9.94. The number of carboxylic acid groups (broad SMARTS) is 1. The molecule has 7 heteroatoms. The van der Waals surface area contributed by atoms with Gasteiger partial charge in [0.15, 0.2) is 0 Å². The Morgan fingerprint density at radius 2 is 1.93 bits per heavy atom. The van der Waals surface area contributed by atoms with Crippen LogP contribution >= 0.6 is 0 Å². The number of carboxylic acids is 1. The summed E-state index contributed by atoms with van der Waals surface area (Å²) in [7, 11) is 0. The van der Waals surface area contributed by atoms with E-state index in [2.05, 4.69) is 4.89 Å². The molecule has 0 radical (unpaired) electrons. The average Bonchev–Trinajstić information content (AvgIpc) is 2.18. The van der Waals surface area contributed by atoms with Crippen molar-refractivity contribution >= 4 is 11.9 Å². The zero-order valence-electron chi connectivity index (χ0n) is 8.42. The molecular weight excluding hydrogens is 208 g/mol. The van der Waals surface area contributed by atoms with Crippen molar-refractivity contribution in [3.8, 4) is 0 Å². The third-order valence-electron chi connectivity index (χ3n) is 1.18. The molecule has 7 nitrogen and oxygen atoms in total. The summed E-state index contributed by atoms with van der Waals surface area (Å²) < 4.78 is 0. The molecule has 1 atom stereocenters. The minimum atomic E-state index is -1.12. The Morgan fingerprint density at radius 1 is 1.40 bits per heavy atom. The van der Waals surface area contributed by atoms with Gasteiger partial charge in [-0.1, -0.05) is 6.92 Å². The summed E-state index contributed by atoms with van der Waals surface area (Å²) in [4.78, 5) is 23.0. The van der Waals surface area contributed by atoms with Crippen molar-refractivity contribution < 1.29 is 35.1 Å². The monoisotopic (exact) mass is 224 g/mol. The van der Waals surface area contributed by atoms with Gasteiger partial charge in [0.05, 0.1) is 19.1 Å². The fourth-order valence-electron chi connectivity index (χ4n) is 0.516. The Balaban J connectivity index is 0. The maximum Gasteiger partial charge on any atom is 0.342 e. The molecule has 0 fully saturated rings. The molecule has 0 aromatic rings. The number of hydrogen-bond donors (Lipinski definition) is 4. The van der Waals surface area contributed by atoms with Gasteiger partial charge in [-0.3, -0.25) is 4.79 Å². The molecule has 4 N–H and O–H groups in total. The molecule has 15 heavy (non-hydrogen) atoms. The Hall–Kier alpha value is -1.18. The van der Waals surface area contributed by atoms with E-state index in [1.54, 1.807) is 0 Å². The number of hydrogen-bond acceptors (Lipinski definition) is 6. The minimum absolute atomic E-state index is 0.288. The number of aliphatic carboxylic acids is 1. The molecule has 0 saturated carbocycles. The van der Waals surface area contributed by atoms with Gasteiger partial charge in [-0.05, 0) is 6.42 Å². The summed E-state index contributed by atoms with van der Waals surface area (Å²) in [5, 5.41) is 32.0. The van der Waals surface area contributed by atoms with Gasteiger partial charge in [0.2, 0.25) is 0 Å². The van der Waals surface area contributed by atoms with E-state index < -0.39 is 31.1 Å². The van der Waals surface area contributed by atoms with Crippen LogP contribution in [0.3, 0.4) is 0 Å². The molecule has 0 saturated heterocycles. The van der Waals surface area contributed by atoms with Gasteiger partial charge in [0, 0.05) is 6.42 Å². The molecule has 0 heterocycles. The van der Waals surface area contributed by atoms with Gasteiger partial charge in [-0.25, -0.2) is 4.79 Å². The van der Waals surface area contributed by atoms with Gasteiger partial charge in [-0.2, -0.15) is 5.26 Å². The number of carbonyl (C=O) groups excluding carboxylic acids is 1. The lowest BCUT2D eigenvalue weighted by atomic mass is 10.3. The van der Waals surface area contributed by atoms with Crippen LogP contribution in [-0.4, -0.2) is 45.2 Å². The van der Waals surface area contributed by atoms with Gasteiger partial charge in [-0.15, -0.1) is 0 Å². The highest BCUT2D eigenvalue weighted by molar-refractivity contribution is 5.68. The molecular formula is C8H16O7. The largest absolute Gasteiger partial charge is 0.481 e. The number of aliphatic hydroxyl groups excluding tert-OH is 2. The Morgan fingerprint density at radius 3 is 2.07 bits per heavy atom. The van der Waals surface area contributed by atoms with Crippen molar-refractivity contribution in [2.24, 2.45) is 0 Å². The summed E-state index contributed by atoms with van der Waals surface area (Å²) >= 11 is 0. The van der Waals surface area contributed by atoms with E-state index in [4.69, 9.17) is 20.6 Å². The summed E-state index contributed by atoms with van der Waals surface area (Å²) in [5.41, 5.74) is 0. The van der Waals surface area contributed by atoms with Crippen LogP contribution in [0.1, 0.15) is 26.2 Å². The molecule has 0 amide bonds. The number of aliphatic hydroxyl groups is 2. The SMILES string of the molecule is CCCC(=O)OO.O=C(O)CC(O)CO. The van der Waals surface area contributed by atoms with Crippen LogP contribution in [0.4, 0.5) is 0 Å². The van der Waals surface area contributed by atoms with E-state index in [1.165, 1.54) is 0 Å². The van der Waals surface area contributed by atoms with E-state index in [-0.39, 0.29) is 6.42 Å².